The van der Waals surface area contributed by atoms with E-state index in [1.54, 1.807) is 0 Å². The van der Waals surface area contributed by atoms with Crippen LogP contribution < -0.4 is 0 Å². The first-order valence-corrected chi connectivity index (χ1v) is 8.84. The Labute approximate surface area is 150 Å². The number of benzene rings is 2. The van der Waals surface area contributed by atoms with Gasteiger partial charge in [-0.25, -0.2) is 0 Å². The molecule has 0 aliphatic carbocycles. The van der Waals surface area contributed by atoms with Crippen molar-refractivity contribution in [2.24, 2.45) is 0 Å². The van der Waals surface area contributed by atoms with Gasteiger partial charge in [0.05, 0.1) is 18.8 Å². The molecular weight excluding hydrogens is 312 g/mol. The fourth-order valence-corrected chi connectivity index (χ4v) is 3.30. The SMILES string of the molecule is CC(C(=O)N(C)Cc1ccccc1)N1CCOC(c2ccccc2)C1. The number of likely N-dealkylation sites (N-methyl/N-ethyl adjacent to an activating group) is 1. The van der Waals surface area contributed by atoms with E-state index in [2.05, 4.69) is 29.2 Å². The lowest BCUT2D eigenvalue weighted by atomic mass is 10.1. The number of morpholine rings is 1. The second-order valence-electron chi connectivity index (χ2n) is 6.62. The zero-order valence-electron chi connectivity index (χ0n) is 15.0. The smallest absolute Gasteiger partial charge is 0.239 e. The van der Waals surface area contributed by atoms with Crippen molar-refractivity contribution >= 4 is 5.91 Å². The maximum atomic E-state index is 12.8. The van der Waals surface area contributed by atoms with Crippen LogP contribution in [-0.4, -0.2) is 48.5 Å². The van der Waals surface area contributed by atoms with Crippen molar-refractivity contribution in [3.05, 3.63) is 71.8 Å². The van der Waals surface area contributed by atoms with Crippen LogP contribution in [0.15, 0.2) is 60.7 Å². The van der Waals surface area contributed by atoms with E-state index in [9.17, 15) is 4.79 Å². The summed E-state index contributed by atoms with van der Waals surface area (Å²) in [5.74, 6) is 0.151. The third-order valence-corrected chi connectivity index (χ3v) is 4.81. The van der Waals surface area contributed by atoms with Crippen LogP contribution >= 0.6 is 0 Å². The number of ether oxygens (including phenoxy) is 1. The molecular formula is C21H26N2O2. The molecule has 2 aromatic rings. The van der Waals surface area contributed by atoms with Crippen LogP contribution in [0.25, 0.3) is 0 Å². The van der Waals surface area contributed by atoms with E-state index in [-0.39, 0.29) is 18.1 Å². The Morgan fingerprint density at radius 3 is 2.48 bits per heavy atom. The molecule has 0 radical (unpaired) electrons. The van der Waals surface area contributed by atoms with Crippen LogP contribution in [0.3, 0.4) is 0 Å². The van der Waals surface area contributed by atoms with E-state index in [4.69, 9.17) is 4.74 Å². The lowest BCUT2D eigenvalue weighted by Gasteiger charge is -2.37. The number of carbonyl (C=O) groups is 1. The zero-order valence-corrected chi connectivity index (χ0v) is 15.0. The van der Waals surface area contributed by atoms with Crippen molar-refractivity contribution in [1.29, 1.82) is 0 Å². The summed E-state index contributed by atoms with van der Waals surface area (Å²) >= 11 is 0. The average molecular weight is 338 g/mol. The van der Waals surface area contributed by atoms with Crippen LogP contribution in [0.5, 0.6) is 0 Å². The van der Waals surface area contributed by atoms with Gasteiger partial charge >= 0.3 is 0 Å². The van der Waals surface area contributed by atoms with Gasteiger partial charge in [0, 0.05) is 26.7 Å². The summed E-state index contributed by atoms with van der Waals surface area (Å²) < 4.78 is 5.91. The second kappa shape index (κ2) is 8.28. The lowest BCUT2D eigenvalue weighted by molar-refractivity contribution is -0.139. The van der Waals surface area contributed by atoms with Crippen LogP contribution in [0.2, 0.25) is 0 Å². The fourth-order valence-electron chi connectivity index (χ4n) is 3.30. The van der Waals surface area contributed by atoms with Gasteiger partial charge in [-0.1, -0.05) is 60.7 Å². The number of amides is 1. The minimum absolute atomic E-state index is 0.0321. The first-order chi connectivity index (χ1) is 12.1. The van der Waals surface area contributed by atoms with Gasteiger partial charge in [-0.15, -0.1) is 0 Å². The molecule has 2 unspecified atom stereocenters. The Bertz CT molecular complexity index is 675. The van der Waals surface area contributed by atoms with Crippen molar-refractivity contribution in [2.45, 2.75) is 25.6 Å². The number of nitrogens with zero attached hydrogens (tertiary/aromatic N) is 2. The van der Waals surface area contributed by atoms with Crippen molar-refractivity contribution in [3.63, 3.8) is 0 Å². The summed E-state index contributed by atoms with van der Waals surface area (Å²) in [5, 5.41) is 0. The average Bonchev–Trinajstić information content (AvgIpc) is 2.68. The Hall–Kier alpha value is -2.17. The quantitative estimate of drug-likeness (QED) is 0.840. The van der Waals surface area contributed by atoms with Crippen molar-refractivity contribution < 1.29 is 9.53 Å². The summed E-state index contributed by atoms with van der Waals surface area (Å²) in [5.41, 5.74) is 2.32. The molecule has 4 nitrogen and oxygen atoms in total. The molecule has 1 heterocycles. The van der Waals surface area contributed by atoms with Crippen LogP contribution in [-0.2, 0) is 16.1 Å². The first kappa shape index (κ1) is 17.6. The van der Waals surface area contributed by atoms with Gasteiger partial charge in [-0.2, -0.15) is 0 Å². The van der Waals surface area contributed by atoms with E-state index in [1.165, 1.54) is 5.56 Å². The molecule has 1 fully saturated rings. The number of hydrogen-bond acceptors (Lipinski definition) is 3. The fraction of sp³-hybridized carbons (Fsp3) is 0.381. The van der Waals surface area contributed by atoms with E-state index >= 15 is 0 Å². The second-order valence-corrected chi connectivity index (χ2v) is 6.62. The molecule has 3 rings (SSSR count). The summed E-state index contributed by atoms with van der Waals surface area (Å²) in [6.07, 6.45) is 0.0321. The number of carbonyl (C=O) groups excluding carboxylic acids is 1. The zero-order chi connectivity index (χ0) is 17.6. The van der Waals surface area contributed by atoms with Gasteiger partial charge in [0.2, 0.25) is 5.91 Å². The van der Waals surface area contributed by atoms with Gasteiger partial charge in [0.1, 0.15) is 0 Å². The number of hydrogen-bond donors (Lipinski definition) is 0. The third-order valence-electron chi connectivity index (χ3n) is 4.81. The Balaban J connectivity index is 1.61. The summed E-state index contributed by atoms with van der Waals surface area (Å²) in [6.45, 7) is 4.82. The largest absolute Gasteiger partial charge is 0.371 e. The molecule has 0 saturated carbocycles. The Kier molecular flexibility index (Phi) is 5.84. The van der Waals surface area contributed by atoms with E-state index in [0.29, 0.717) is 13.2 Å². The lowest BCUT2D eigenvalue weighted by Crippen LogP contribution is -2.50. The molecule has 2 aromatic carbocycles. The standard InChI is InChI=1S/C21H26N2O2/c1-17(21(24)22(2)15-18-9-5-3-6-10-18)23-13-14-25-20(16-23)19-11-7-4-8-12-19/h3-12,17,20H,13-16H2,1-2H3. The van der Waals surface area contributed by atoms with Gasteiger partial charge in [-0.3, -0.25) is 9.69 Å². The highest BCUT2D eigenvalue weighted by Gasteiger charge is 2.30. The van der Waals surface area contributed by atoms with E-state index < -0.39 is 0 Å². The minimum Gasteiger partial charge on any atom is -0.371 e. The highest BCUT2D eigenvalue weighted by Crippen LogP contribution is 2.23. The summed E-state index contributed by atoms with van der Waals surface area (Å²) in [6, 6.07) is 20.2. The van der Waals surface area contributed by atoms with Crippen LogP contribution in [0.4, 0.5) is 0 Å². The molecule has 25 heavy (non-hydrogen) atoms. The Morgan fingerprint density at radius 1 is 1.16 bits per heavy atom. The van der Waals surface area contributed by atoms with E-state index in [0.717, 1.165) is 18.7 Å². The van der Waals surface area contributed by atoms with Gasteiger partial charge in [0.25, 0.3) is 0 Å². The molecule has 2 atom stereocenters. The molecule has 0 N–H and O–H groups in total. The van der Waals surface area contributed by atoms with Crippen molar-refractivity contribution in [3.8, 4) is 0 Å². The van der Waals surface area contributed by atoms with Crippen molar-refractivity contribution in [1.82, 2.24) is 9.80 Å². The highest BCUT2D eigenvalue weighted by atomic mass is 16.5. The maximum Gasteiger partial charge on any atom is 0.239 e. The van der Waals surface area contributed by atoms with Crippen LogP contribution in [0.1, 0.15) is 24.2 Å². The molecule has 0 aromatic heterocycles. The maximum absolute atomic E-state index is 12.8. The molecule has 0 bridgehead atoms. The Morgan fingerprint density at radius 2 is 1.80 bits per heavy atom. The van der Waals surface area contributed by atoms with Gasteiger partial charge in [0.15, 0.2) is 0 Å². The van der Waals surface area contributed by atoms with E-state index in [1.807, 2.05) is 55.3 Å². The topological polar surface area (TPSA) is 32.8 Å². The first-order valence-electron chi connectivity index (χ1n) is 8.84. The summed E-state index contributed by atoms with van der Waals surface area (Å²) in [7, 11) is 1.88. The minimum atomic E-state index is -0.149. The molecule has 1 aliphatic rings. The molecule has 0 spiro atoms. The normalized spacial score (nSPS) is 19.4. The molecule has 4 heteroatoms. The predicted octanol–water partition coefficient (Wildman–Crippen LogP) is 3.11. The van der Waals surface area contributed by atoms with Crippen molar-refractivity contribution in [2.75, 3.05) is 26.7 Å². The monoisotopic (exact) mass is 338 g/mol. The summed E-state index contributed by atoms with van der Waals surface area (Å²) in [4.78, 5) is 16.9. The van der Waals surface area contributed by atoms with Crippen LogP contribution in [0, 0.1) is 0 Å². The predicted molar refractivity (Wildman–Crippen MR) is 99.1 cm³/mol. The van der Waals surface area contributed by atoms with Gasteiger partial charge < -0.3 is 9.64 Å². The molecule has 1 amide bonds. The molecule has 132 valence electrons. The molecule has 1 aliphatic heterocycles. The third kappa shape index (κ3) is 4.47. The van der Waals surface area contributed by atoms with Gasteiger partial charge in [-0.05, 0) is 18.1 Å². The highest BCUT2D eigenvalue weighted by molar-refractivity contribution is 5.81. The molecule has 1 saturated heterocycles. The number of rotatable bonds is 5.